The molecule has 21 heavy (non-hydrogen) atoms. The van der Waals surface area contributed by atoms with Gasteiger partial charge in [-0.05, 0) is 37.6 Å². The third-order valence-electron chi connectivity index (χ3n) is 4.04. The lowest BCUT2D eigenvalue weighted by Gasteiger charge is -2.22. The van der Waals surface area contributed by atoms with Crippen molar-refractivity contribution in [2.45, 2.75) is 18.8 Å². The minimum Gasteiger partial charge on any atom is -0.316 e. The topological polar surface area (TPSA) is 55.1 Å². The number of rotatable bonds is 2. The number of hydrogen-bond acceptors (Lipinski definition) is 4. The van der Waals surface area contributed by atoms with Crippen molar-refractivity contribution >= 4 is 5.65 Å². The molecular formula is C16H17N5. The molecule has 0 aromatic carbocycles. The van der Waals surface area contributed by atoms with Crippen LogP contribution in [0, 0.1) is 0 Å². The Labute approximate surface area is 123 Å². The van der Waals surface area contributed by atoms with Crippen molar-refractivity contribution in [1.29, 1.82) is 0 Å². The highest BCUT2D eigenvalue weighted by Crippen LogP contribution is 2.26. The summed E-state index contributed by atoms with van der Waals surface area (Å²) >= 11 is 0. The van der Waals surface area contributed by atoms with Crippen molar-refractivity contribution in [1.82, 2.24) is 24.9 Å². The van der Waals surface area contributed by atoms with E-state index in [-0.39, 0.29) is 0 Å². The first-order valence-corrected chi connectivity index (χ1v) is 7.38. The van der Waals surface area contributed by atoms with Crippen LogP contribution in [0.1, 0.15) is 24.5 Å². The first-order valence-electron chi connectivity index (χ1n) is 7.38. The second-order valence-electron chi connectivity index (χ2n) is 5.44. The van der Waals surface area contributed by atoms with E-state index in [1.807, 2.05) is 24.5 Å². The van der Waals surface area contributed by atoms with Crippen molar-refractivity contribution < 1.29 is 0 Å². The van der Waals surface area contributed by atoms with Crippen LogP contribution in [-0.2, 0) is 0 Å². The van der Waals surface area contributed by atoms with Crippen molar-refractivity contribution in [3.8, 4) is 11.3 Å². The maximum absolute atomic E-state index is 4.86. The monoisotopic (exact) mass is 279 g/mol. The molecule has 5 heteroatoms. The van der Waals surface area contributed by atoms with Crippen LogP contribution in [0.15, 0.2) is 42.9 Å². The lowest BCUT2D eigenvalue weighted by molar-refractivity contribution is 0.455. The molecule has 0 radical (unpaired) electrons. The fraction of sp³-hybridized carbons (Fsp3) is 0.312. The lowest BCUT2D eigenvalue weighted by Crippen LogP contribution is -2.28. The quantitative estimate of drug-likeness (QED) is 0.782. The van der Waals surface area contributed by atoms with Gasteiger partial charge in [-0.3, -0.25) is 4.98 Å². The Morgan fingerprint density at radius 1 is 1.24 bits per heavy atom. The normalized spacial score (nSPS) is 19.0. The maximum Gasteiger partial charge on any atom is 0.164 e. The van der Waals surface area contributed by atoms with Crippen molar-refractivity contribution in [3.63, 3.8) is 0 Å². The van der Waals surface area contributed by atoms with Crippen LogP contribution in [0.3, 0.4) is 0 Å². The van der Waals surface area contributed by atoms with E-state index >= 15 is 0 Å². The van der Waals surface area contributed by atoms with Crippen LogP contribution in [0.5, 0.6) is 0 Å². The van der Waals surface area contributed by atoms with Crippen molar-refractivity contribution in [2.75, 3.05) is 13.1 Å². The van der Waals surface area contributed by atoms with Crippen LogP contribution in [0.2, 0.25) is 0 Å². The third-order valence-corrected chi connectivity index (χ3v) is 4.04. The van der Waals surface area contributed by atoms with Gasteiger partial charge < -0.3 is 5.32 Å². The lowest BCUT2D eigenvalue weighted by atomic mass is 9.95. The number of aromatic nitrogens is 4. The van der Waals surface area contributed by atoms with Gasteiger partial charge in [-0.25, -0.2) is 9.50 Å². The molecular weight excluding hydrogens is 262 g/mol. The van der Waals surface area contributed by atoms with Crippen LogP contribution in [0.4, 0.5) is 0 Å². The average molecular weight is 279 g/mol. The SMILES string of the molecule is c1cc(-c2cnn3cccnc23)nc(C2CCCNC2)c1. The molecule has 5 nitrogen and oxygen atoms in total. The Morgan fingerprint density at radius 3 is 3.14 bits per heavy atom. The Hall–Kier alpha value is -2.27. The standard InChI is InChI=1S/C16H17N5/c1-5-14(12-4-2-7-17-10-12)20-15(6-1)13-11-19-21-9-3-8-18-16(13)21/h1,3,5-6,8-9,11-12,17H,2,4,7,10H2. The second-order valence-corrected chi connectivity index (χ2v) is 5.44. The van der Waals surface area contributed by atoms with Gasteiger partial charge in [-0.2, -0.15) is 5.10 Å². The molecule has 1 unspecified atom stereocenters. The summed E-state index contributed by atoms with van der Waals surface area (Å²) in [5, 5.41) is 7.79. The molecule has 1 saturated heterocycles. The van der Waals surface area contributed by atoms with Gasteiger partial charge in [0.25, 0.3) is 0 Å². The molecule has 1 N–H and O–H groups in total. The van der Waals surface area contributed by atoms with Gasteiger partial charge in [0.15, 0.2) is 5.65 Å². The predicted octanol–water partition coefficient (Wildman–Crippen LogP) is 2.26. The van der Waals surface area contributed by atoms with E-state index in [1.54, 1.807) is 10.7 Å². The molecule has 3 aromatic rings. The zero-order valence-corrected chi connectivity index (χ0v) is 11.7. The molecule has 4 rings (SSSR count). The Kier molecular flexibility index (Phi) is 3.12. The third kappa shape index (κ3) is 2.29. The van der Waals surface area contributed by atoms with Crippen molar-refractivity contribution in [2.24, 2.45) is 0 Å². The fourth-order valence-corrected chi connectivity index (χ4v) is 2.94. The molecule has 1 aliphatic heterocycles. The summed E-state index contributed by atoms with van der Waals surface area (Å²) in [6.07, 6.45) is 7.95. The summed E-state index contributed by atoms with van der Waals surface area (Å²) in [5.74, 6) is 0.508. The molecule has 1 atom stereocenters. The van der Waals surface area contributed by atoms with Crippen LogP contribution in [0.25, 0.3) is 16.9 Å². The number of pyridine rings is 1. The number of nitrogens with one attached hydrogen (secondary N) is 1. The van der Waals surface area contributed by atoms with Gasteiger partial charge >= 0.3 is 0 Å². The highest BCUT2D eigenvalue weighted by Gasteiger charge is 2.17. The molecule has 4 heterocycles. The van der Waals surface area contributed by atoms with E-state index in [2.05, 4.69) is 27.5 Å². The number of piperidine rings is 1. The minimum absolute atomic E-state index is 0.508. The zero-order chi connectivity index (χ0) is 14.1. The maximum atomic E-state index is 4.86. The molecule has 0 spiro atoms. The van der Waals surface area contributed by atoms with Gasteiger partial charge in [0, 0.05) is 30.6 Å². The van der Waals surface area contributed by atoms with E-state index in [0.29, 0.717) is 5.92 Å². The summed E-state index contributed by atoms with van der Waals surface area (Å²) in [7, 11) is 0. The number of hydrogen-bond donors (Lipinski definition) is 1. The van der Waals surface area contributed by atoms with E-state index in [0.717, 1.165) is 35.7 Å². The number of fused-ring (bicyclic) bond motifs is 1. The smallest absolute Gasteiger partial charge is 0.164 e. The first kappa shape index (κ1) is 12.5. The van der Waals surface area contributed by atoms with Crippen molar-refractivity contribution in [3.05, 3.63) is 48.5 Å². The summed E-state index contributed by atoms with van der Waals surface area (Å²) < 4.78 is 1.78. The molecule has 0 amide bonds. The van der Waals surface area contributed by atoms with Gasteiger partial charge in [0.2, 0.25) is 0 Å². The van der Waals surface area contributed by atoms with E-state index in [1.165, 1.54) is 12.8 Å². The molecule has 0 aliphatic carbocycles. The van der Waals surface area contributed by atoms with Crippen LogP contribution in [-0.4, -0.2) is 32.7 Å². The summed E-state index contributed by atoms with van der Waals surface area (Å²) in [5.41, 5.74) is 3.95. The molecule has 1 aliphatic rings. The van der Waals surface area contributed by atoms with Gasteiger partial charge in [-0.1, -0.05) is 6.07 Å². The first-order chi connectivity index (χ1) is 10.4. The van der Waals surface area contributed by atoms with Gasteiger partial charge in [-0.15, -0.1) is 0 Å². The Bertz CT molecular complexity index is 758. The largest absolute Gasteiger partial charge is 0.316 e. The van der Waals surface area contributed by atoms with Gasteiger partial charge in [0.1, 0.15) is 0 Å². The molecule has 0 bridgehead atoms. The molecule has 3 aromatic heterocycles. The van der Waals surface area contributed by atoms with Crippen LogP contribution < -0.4 is 5.32 Å². The second kappa shape index (κ2) is 5.26. The molecule has 106 valence electrons. The fourth-order valence-electron chi connectivity index (χ4n) is 2.94. The predicted molar refractivity (Wildman–Crippen MR) is 81.1 cm³/mol. The van der Waals surface area contributed by atoms with E-state index in [4.69, 9.17) is 4.98 Å². The highest BCUT2D eigenvalue weighted by molar-refractivity contribution is 5.74. The van der Waals surface area contributed by atoms with E-state index in [9.17, 15) is 0 Å². The Morgan fingerprint density at radius 2 is 2.24 bits per heavy atom. The average Bonchev–Trinajstić information content (AvgIpc) is 3.00. The van der Waals surface area contributed by atoms with Gasteiger partial charge in [0.05, 0.1) is 17.5 Å². The van der Waals surface area contributed by atoms with E-state index < -0.39 is 0 Å². The molecule has 0 saturated carbocycles. The number of nitrogens with zero attached hydrogens (tertiary/aromatic N) is 4. The summed E-state index contributed by atoms with van der Waals surface area (Å²) in [4.78, 5) is 9.26. The zero-order valence-electron chi connectivity index (χ0n) is 11.7. The van der Waals surface area contributed by atoms with Crippen LogP contribution >= 0.6 is 0 Å². The summed E-state index contributed by atoms with van der Waals surface area (Å²) in [6.45, 7) is 2.14. The molecule has 1 fully saturated rings. The summed E-state index contributed by atoms with van der Waals surface area (Å²) in [6, 6.07) is 8.12. The minimum atomic E-state index is 0.508. The Balaban J connectivity index is 1.75. The highest BCUT2D eigenvalue weighted by atomic mass is 15.2.